The molecular weight excluding hydrogens is 336 g/mol. The second kappa shape index (κ2) is 9.02. The molecule has 6 nitrogen and oxygen atoms in total. The first-order valence-corrected chi connectivity index (χ1v) is 9.98. The largest absolute Gasteiger partial charge is 0.356 e. The Bertz CT molecular complexity index is 712. The maximum absolute atomic E-state index is 4.50. The molecule has 0 saturated heterocycles. The van der Waals surface area contributed by atoms with E-state index < -0.39 is 0 Å². The molecule has 0 spiro atoms. The van der Waals surface area contributed by atoms with Crippen molar-refractivity contribution in [1.82, 2.24) is 25.2 Å². The molecule has 2 aromatic rings. The van der Waals surface area contributed by atoms with Crippen LogP contribution in [0.15, 0.2) is 42.0 Å². The molecule has 2 heterocycles. The monoisotopic (exact) mass is 368 g/mol. The average Bonchev–Trinajstić information content (AvgIpc) is 3.34. The lowest BCUT2D eigenvalue weighted by atomic mass is 9.78. The fourth-order valence-electron chi connectivity index (χ4n) is 4.19. The lowest BCUT2D eigenvalue weighted by molar-refractivity contribution is 0.235. The average molecular weight is 369 g/mol. The van der Waals surface area contributed by atoms with Crippen LogP contribution in [0, 0.1) is 11.3 Å². The Morgan fingerprint density at radius 1 is 1.26 bits per heavy atom. The highest BCUT2D eigenvalue weighted by atomic mass is 15.2. The van der Waals surface area contributed by atoms with Crippen LogP contribution < -0.4 is 10.6 Å². The van der Waals surface area contributed by atoms with Gasteiger partial charge in [-0.05, 0) is 42.2 Å². The van der Waals surface area contributed by atoms with Gasteiger partial charge in [0.1, 0.15) is 12.1 Å². The molecule has 0 atom stereocenters. The van der Waals surface area contributed by atoms with E-state index in [0.717, 1.165) is 29.8 Å². The van der Waals surface area contributed by atoms with Crippen LogP contribution in [0.5, 0.6) is 0 Å². The lowest BCUT2D eigenvalue weighted by Crippen LogP contribution is -2.43. The van der Waals surface area contributed by atoms with Crippen LogP contribution in [0.2, 0.25) is 0 Å². The fourth-order valence-corrected chi connectivity index (χ4v) is 4.19. The second-order valence-corrected chi connectivity index (χ2v) is 8.08. The molecule has 0 aromatic carbocycles. The van der Waals surface area contributed by atoms with Crippen molar-refractivity contribution in [2.75, 3.05) is 13.6 Å². The van der Waals surface area contributed by atoms with Gasteiger partial charge in [-0.1, -0.05) is 32.8 Å². The summed E-state index contributed by atoms with van der Waals surface area (Å²) >= 11 is 0. The van der Waals surface area contributed by atoms with Gasteiger partial charge in [0.05, 0.1) is 0 Å². The van der Waals surface area contributed by atoms with E-state index in [0.29, 0.717) is 12.0 Å². The number of aromatic nitrogens is 3. The van der Waals surface area contributed by atoms with Gasteiger partial charge in [-0.2, -0.15) is 0 Å². The molecule has 6 heteroatoms. The highest BCUT2D eigenvalue weighted by Gasteiger charge is 2.34. The number of nitrogens with zero attached hydrogens (tertiary/aromatic N) is 4. The maximum atomic E-state index is 4.50. The number of nitrogens with one attached hydrogen (secondary N) is 2. The fraction of sp³-hybridized carbons (Fsp3) is 0.571. The summed E-state index contributed by atoms with van der Waals surface area (Å²) < 4.78 is 1.90. The first kappa shape index (κ1) is 19.4. The SMILES string of the molecule is CN=C(NCc1ccc(-n2ccnc2)nc1)NCC1(CC(C)C)CCCC1. The van der Waals surface area contributed by atoms with Crippen molar-refractivity contribution in [2.24, 2.45) is 16.3 Å². The van der Waals surface area contributed by atoms with E-state index in [2.05, 4.69) is 45.5 Å². The highest BCUT2D eigenvalue weighted by molar-refractivity contribution is 5.79. The van der Waals surface area contributed by atoms with Crippen LogP contribution in [-0.4, -0.2) is 34.1 Å². The smallest absolute Gasteiger partial charge is 0.191 e. The number of pyridine rings is 1. The zero-order chi connectivity index (χ0) is 19.1. The van der Waals surface area contributed by atoms with Crippen LogP contribution in [-0.2, 0) is 6.54 Å². The third kappa shape index (κ3) is 5.31. The summed E-state index contributed by atoms with van der Waals surface area (Å²) in [5.74, 6) is 2.47. The molecule has 27 heavy (non-hydrogen) atoms. The number of imidazole rings is 1. The van der Waals surface area contributed by atoms with Gasteiger partial charge in [-0.3, -0.25) is 9.56 Å². The molecule has 1 aliphatic rings. The molecule has 2 N–H and O–H groups in total. The molecular formula is C21H32N6. The highest BCUT2D eigenvalue weighted by Crippen LogP contribution is 2.42. The first-order chi connectivity index (χ1) is 13.1. The van der Waals surface area contributed by atoms with E-state index in [1.165, 1.54) is 32.1 Å². The van der Waals surface area contributed by atoms with E-state index in [9.17, 15) is 0 Å². The zero-order valence-corrected chi connectivity index (χ0v) is 16.8. The summed E-state index contributed by atoms with van der Waals surface area (Å²) in [6.45, 7) is 6.36. The molecule has 1 saturated carbocycles. The van der Waals surface area contributed by atoms with Crippen LogP contribution in [0.1, 0.15) is 51.5 Å². The van der Waals surface area contributed by atoms with E-state index in [1.807, 2.05) is 30.1 Å². The van der Waals surface area contributed by atoms with Crippen molar-refractivity contribution >= 4 is 5.96 Å². The Morgan fingerprint density at radius 3 is 2.67 bits per heavy atom. The number of guanidine groups is 1. The number of hydrogen-bond acceptors (Lipinski definition) is 3. The van der Waals surface area contributed by atoms with Gasteiger partial charge in [0, 0.05) is 38.7 Å². The molecule has 146 valence electrons. The Morgan fingerprint density at radius 2 is 2.07 bits per heavy atom. The van der Waals surface area contributed by atoms with Gasteiger partial charge >= 0.3 is 0 Å². The minimum Gasteiger partial charge on any atom is -0.356 e. The van der Waals surface area contributed by atoms with Crippen LogP contribution in [0.25, 0.3) is 5.82 Å². The van der Waals surface area contributed by atoms with Crippen molar-refractivity contribution in [3.63, 3.8) is 0 Å². The van der Waals surface area contributed by atoms with Gasteiger partial charge in [-0.25, -0.2) is 9.97 Å². The van der Waals surface area contributed by atoms with Gasteiger partial charge in [0.15, 0.2) is 5.96 Å². The summed E-state index contributed by atoms with van der Waals surface area (Å²) in [4.78, 5) is 12.9. The Balaban J connectivity index is 1.51. The Labute approximate surface area is 162 Å². The van der Waals surface area contributed by atoms with Crippen molar-refractivity contribution in [2.45, 2.75) is 52.5 Å². The van der Waals surface area contributed by atoms with E-state index in [-0.39, 0.29) is 0 Å². The number of aliphatic imine (C=N–C) groups is 1. The number of hydrogen-bond donors (Lipinski definition) is 2. The molecule has 0 amide bonds. The van der Waals surface area contributed by atoms with Crippen molar-refractivity contribution in [1.29, 1.82) is 0 Å². The Kier molecular flexibility index (Phi) is 6.48. The molecule has 0 aliphatic heterocycles. The molecule has 1 aliphatic carbocycles. The topological polar surface area (TPSA) is 67.1 Å². The van der Waals surface area contributed by atoms with Gasteiger partial charge in [0.25, 0.3) is 0 Å². The molecule has 2 aromatic heterocycles. The predicted molar refractivity (Wildman–Crippen MR) is 110 cm³/mol. The van der Waals surface area contributed by atoms with Crippen molar-refractivity contribution in [3.8, 4) is 5.82 Å². The van der Waals surface area contributed by atoms with Crippen LogP contribution >= 0.6 is 0 Å². The molecule has 1 fully saturated rings. The van der Waals surface area contributed by atoms with E-state index in [4.69, 9.17) is 0 Å². The molecule has 3 rings (SSSR count). The van der Waals surface area contributed by atoms with Gasteiger partial charge in [0.2, 0.25) is 0 Å². The summed E-state index contributed by atoms with van der Waals surface area (Å²) in [7, 11) is 1.83. The molecule has 0 unspecified atom stereocenters. The molecule has 0 bridgehead atoms. The van der Waals surface area contributed by atoms with Crippen LogP contribution in [0.4, 0.5) is 0 Å². The Hall–Kier alpha value is -2.37. The van der Waals surface area contributed by atoms with Crippen LogP contribution in [0.3, 0.4) is 0 Å². The lowest BCUT2D eigenvalue weighted by Gasteiger charge is -2.32. The molecule has 0 radical (unpaired) electrons. The summed E-state index contributed by atoms with van der Waals surface area (Å²) in [6, 6.07) is 4.09. The quantitative estimate of drug-likeness (QED) is 0.579. The first-order valence-electron chi connectivity index (χ1n) is 9.98. The van der Waals surface area contributed by atoms with Gasteiger partial charge < -0.3 is 10.6 Å². The standard InChI is InChI=1S/C21H32N6/c1-17(2)12-21(8-4-5-9-21)15-26-20(22-3)25-14-18-6-7-19(24-13-18)27-11-10-23-16-27/h6-7,10-11,13,16-17H,4-5,8-9,12,14-15H2,1-3H3,(H2,22,25,26). The summed E-state index contributed by atoms with van der Waals surface area (Å²) in [6.07, 6.45) is 13.9. The summed E-state index contributed by atoms with van der Waals surface area (Å²) in [5, 5.41) is 6.98. The zero-order valence-electron chi connectivity index (χ0n) is 16.8. The minimum atomic E-state index is 0.430. The predicted octanol–water partition coefficient (Wildman–Crippen LogP) is 3.54. The van der Waals surface area contributed by atoms with Crippen molar-refractivity contribution < 1.29 is 0 Å². The van der Waals surface area contributed by atoms with E-state index in [1.54, 1.807) is 12.5 Å². The third-order valence-corrected chi connectivity index (χ3v) is 5.40. The van der Waals surface area contributed by atoms with E-state index >= 15 is 0 Å². The maximum Gasteiger partial charge on any atom is 0.191 e. The number of rotatable bonds is 7. The summed E-state index contributed by atoms with van der Waals surface area (Å²) in [5.41, 5.74) is 1.55. The second-order valence-electron chi connectivity index (χ2n) is 8.08. The normalized spacial score (nSPS) is 16.7. The van der Waals surface area contributed by atoms with Gasteiger partial charge in [-0.15, -0.1) is 0 Å². The minimum absolute atomic E-state index is 0.430. The van der Waals surface area contributed by atoms with Crippen molar-refractivity contribution in [3.05, 3.63) is 42.6 Å². The third-order valence-electron chi connectivity index (χ3n) is 5.40.